The topological polar surface area (TPSA) is 57.8 Å². The van der Waals surface area contributed by atoms with Gasteiger partial charge in [-0.1, -0.05) is 18.2 Å². The van der Waals surface area contributed by atoms with Gasteiger partial charge in [-0.05, 0) is 38.3 Å². The first-order valence-corrected chi connectivity index (χ1v) is 8.78. The summed E-state index contributed by atoms with van der Waals surface area (Å²) < 4.78 is 0. The van der Waals surface area contributed by atoms with Crippen molar-refractivity contribution in [1.82, 2.24) is 15.3 Å². The Morgan fingerprint density at radius 2 is 2.22 bits per heavy atom. The van der Waals surface area contributed by atoms with E-state index >= 15 is 0 Å². The van der Waals surface area contributed by atoms with Gasteiger partial charge in [-0.15, -0.1) is 11.3 Å². The second kappa shape index (κ2) is 6.96. The highest BCUT2D eigenvalue weighted by Gasteiger charge is 2.12. The van der Waals surface area contributed by atoms with Gasteiger partial charge in [0.1, 0.15) is 0 Å². The number of para-hydroxylation sites is 1. The number of aromatic nitrogens is 2. The molecule has 3 aromatic rings. The summed E-state index contributed by atoms with van der Waals surface area (Å²) in [7, 11) is 0. The maximum absolute atomic E-state index is 12.1. The molecule has 0 aliphatic heterocycles. The lowest BCUT2D eigenvalue weighted by Crippen LogP contribution is -2.26. The molecule has 23 heavy (non-hydrogen) atoms. The minimum absolute atomic E-state index is 0.0273. The largest absolute Gasteiger partial charge is 0.361 e. The second-order valence-corrected chi connectivity index (χ2v) is 6.86. The fourth-order valence-corrected chi connectivity index (χ4v) is 3.45. The molecule has 1 atom stereocenters. The zero-order valence-electron chi connectivity index (χ0n) is 13.4. The molecular formula is C18H21N3OS. The van der Waals surface area contributed by atoms with E-state index in [2.05, 4.69) is 27.4 Å². The Balaban J connectivity index is 1.49. The molecule has 0 bridgehead atoms. The molecule has 3 rings (SSSR count). The predicted octanol–water partition coefficient (Wildman–Crippen LogP) is 4.13. The van der Waals surface area contributed by atoms with Gasteiger partial charge >= 0.3 is 0 Å². The van der Waals surface area contributed by atoms with Crippen molar-refractivity contribution in [2.24, 2.45) is 0 Å². The van der Waals surface area contributed by atoms with Crippen LogP contribution in [0.2, 0.25) is 0 Å². The third-order valence-electron chi connectivity index (χ3n) is 3.98. The number of H-pyrrole nitrogens is 1. The number of fused-ring (bicyclic) bond motifs is 1. The van der Waals surface area contributed by atoms with Crippen LogP contribution in [0, 0.1) is 6.92 Å². The highest BCUT2D eigenvalue weighted by atomic mass is 32.1. The van der Waals surface area contributed by atoms with Crippen molar-refractivity contribution in [3.05, 3.63) is 52.1 Å². The van der Waals surface area contributed by atoms with Crippen LogP contribution in [0.4, 0.5) is 0 Å². The van der Waals surface area contributed by atoms with Gasteiger partial charge in [0.15, 0.2) is 0 Å². The van der Waals surface area contributed by atoms with Crippen LogP contribution in [0.5, 0.6) is 0 Å². The quantitative estimate of drug-likeness (QED) is 0.715. The van der Waals surface area contributed by atoms with Gasteiger partial charge in [-0.3, -0.25) is 4.79 Å². The molecule has 1 amide bonds. The Hall–Kier alpha value is -2.14. The molecule has 5 heteroatoms. The molecule has 0 fully saturated rings. The van der Waals surface area contributed by atoms with Gasteiger partial charge < -0.3 is 10.3 Å². The number of aromatic amines is 1. The number of benzene rings is 1. The summed E-state index contributed by atoms with van der Waals surface area (Å²) in [5, 5.41) is 7.31. The average molecular weight is 327 g/mol. The fourth-order valence-electron chi connectivity index (χ4n) is 2.74. The summed E-state index contributed by atoms with van der Waals surface area (Å²) in [6.07, 6.45) is 4.33. The van der Waals surface area contributed by atoms with E-state index in [-0.39, 0.29) is 11.9 Å². The molecule has 0 spiro atoms. The summed E-state index contributed by atoms with van der Waals surface area (Å²) in [5.74, 6) is 0.0861. The average Bonchev–Trinajstić information content (AvgIpc) is 3.14. The Kier molecular flexibility index (Phi) is 4.76. The van der Waals surface area contributed by atoms with Gasteiger partial charge in [0.2, 0.25) is 5.91 Å². The van der Waals surface area contributed by atoms with Gasteiger partial charge in [-0.25, -0.2) is 4.98 Å². The second-order valence-electron chi connectivity index (χ2n) is 5.79. The number of aryl methyl sites for hydroxylation is 2. The third kappa shape index (κ3) is 3.79. The van der Waals surface area contributed by atoms with Crippen LogP contribution in [-0.2, 0) is 11.2 Å². The fraction of sp³-hybridized carbons (Fsp3) is 0.333. The van der Waals surface area contributed by atoms with Gasteiger partial charge in [-0.2, -0.15) is 0 Å². The number of hydrogen-bond donors (Lipinski definition) is 2. The molecule has 0 saturated carbocycles. The van der Waals surface area contributed by atoms with Gasteiger partial charge in [0.25, 0.3) is 0 Å². The van der Waals surface area contributed by atoms with Crippen molar-refractivity contribution >= 4 is 28.1 Å². The number of nitrogens with one attached hydrogen (secondary N) is 2. The highest BCUT2D eigenvalue weighted by Crippen LogP contribution is 2.20. The summed E-state index contributed by atoms with van der Waals surface area (Å²) in [4.78, 5) is 19.8. The minimum Gasteiger partial charge on any atom is -0.361 e. The molecule has 2 heterocycles. The van der Waals surface area contributed by atoms with E-state index in [1.807, 2.05) is 37.6 Å². The zero-order valence-corrected chi connectivity index (χ0v) is 14.2. The first-order valence-electron chi connectivity index (χ1n) is 7.90. The molecule has 0 saturated heterocycles. The van der Waals surface area contributed by atoms with Crippen LogP contribution in [0.3, 0.4) is 0 Å². The first-order chi connectivity index (χ1) is 11.1. The SMILES string of the molecule is Cc1nc([C@H](C)NC(=O)CCCc2c[nH]c3ccccc23)cs1. The van der Waals surface area contributed by atoms with E-state index in [1.54, 1.807) is 11.3 Å². The Labute approximate surface area is 140 Å². The summed E-state index contributed by atoms with van der Waals surface area (Å²) in [6.45, 7) is 3.95. The summed E-state index contributed by atoms with van der Waals surface area (Å²) >= 11 is 1.61. The van der Waals surface area contributed by atoms with Crippen molar-refractivity contribution < 1.29 is 4.79 Å². The van der Waals surface area contributed by atoms with Crippen molar-refractivity contribution in [2.45, 2.75) is 39.2 Å². The Morgan fingerprint density at radius 3 is 3.00 bits per heavy atom. The number of thiazole rings is 1. The molecular weight excluding hydrogens is 306 g/mol. The monoisotopic (exact) mass is 327 g/mol. The lowest BCUT2D eigenvalue weighted by molar-refractivity contribution is -0.121. The van der Waals surface area contributed by atoms with Crippen molar-refractivity contribution in [1.29, 1.82) is 0 Å². The van der Waals surface area contributed by atoms with E-state index in [4.69, 9.17) is 0 Å². The van der Waals surface area contributed by atoms with E-state index in [1.165, 1.54) is 10.9 Å². The zero-order chi connectivity index (χ0) is 16.2. The third-order valence-corrected chi connectivity index (χ3v) is 4.77. The Morgan fingerprint density at radius 1 is 1.39 bits per heavy atom. The molecule has 0 aliphatic carbocycles. The highest BCUT2D eigenvalue weighted by molar-refractivity contribution is 7.09. The van der Waals surface area contributed by atoms with Gasteiger partial charge in [0, 0.05) is 28.9 Å². The van der Waals surface area contributed by atoms with E-state index < -0.39 is 0 Å². The molecule has 120 valence electrons. The smallest absolute Gasteiger partial charge is 0.220 e. The molecule has 2 aromatic heterocycles. The Bertz CT molecular complexity index is 805. The van der Waals surface area contributed by atoms with E-state index in [0.717, 1.165) is 29.1 Å². The lowest BCUT2D eigenvalue weighted by Gasteiger charge is -2.11. The van der Waals surface area contributed by atoms with E-state index in [0.29, 0.717) is 6.42 Å². The van der Waals surface area contributed by atoms with Crippen LogP contribution in [0.25, 0.3) is 10.9 Å². The minimum atomic E-state index is -0.0273. The van der Waals surface area contributed by atoms with Crippen LogP contribution < -0.4 is 5.32 Å². The number of nitrogens with zero attached hydrogens (tertiary/aromatic N) is 1. The van der Waals surface area contributed by atoms with Crippen LogP contribution >= 0.6 is 11.3 Å². The van der Waals surface area contributed by atoms with Crippen molar-refractivity contribution in [2.75, 3.05) is 0 Å². The van der Waals surface area contributed by atoms with E-state index in [9.17, 15) is 4.79 Å². The van der Waals surface area contributed by atoms with Crippen LogP contribution in [-0.4, -0.2) is 15.9 Å². The summed E-state index contributed by atoms with van der Waals surface area (Å²) in [6, 6.07) is 8.24. The molecule has 4 nitrogen and oxygen atoms in total. The first kappa shape index (κ1) is 15.7. The van der Waals surface area contributed by atoms with Crippen molar-refractivity contribution in [3.63, 3.8) is 0 Å². The number of carbonyl (C=O) groups is 1. The molecule has 1 aromatic carbocycles. The molecule has 0 radical (unpaired) electrons. The number of amides is 1. The maximum atomic E-state index is 12.1. The van der Waals surface area contributed by atoms with Crippen molar-refractivity contribution in [3.8, 4) is 0 Å². The van der Waals surface area contributed by atoms with Crippen LogP contribution in [0.1, 0.15) is 42.1 Å². The maximum Gasteiger partial charge on any atom is 0.220 e. The number of carbonyl (C=O) groups excluding carboxylic acids is 1. The van der Waals surface area contributed by atoms with Gasteiger partial charge in [0.05, 0.1) is 16.7 Å². The number of rotatable bonds is 6. The van der Waals surface area contributed by atoms with Crippen LogP contribution in [0.15, 0.2) is 35.8 Å². The molecule has 0 unspecified atom stereocenters. The standard InChI is InChI=1S/C18H21N3OS/c1-12(17-11-23-13(2)21-17)20-18(22)9-5-6-14-10-19-16-8-4-3-7-15(14)16/h3-4,7-8,10-12,19H,5-6,9H2,1-2H3,(H,20,22)/t12-/m0/s1. The summed E-state index contributed by atoms with van der Waals surface area (Å²) in [5.41, 5.74) is 3.37. The molecule has 0 aliphatic rings. The lowest BCUT2D eigenvalue weighted by atomic mass is 10.1. The predicted molar refractivity (Wildman–Crippen MR) is 94.6 cm³/mol. The molecule has 2 N–H and O–H groups in total. The number of hydrogen-bond acceptors (Lipinski definition) is 3. The normalized spacial score (nSPS) is 12.4.